The number of aromatic amines is 1. The summed E-state index contributed by atoms with van der Waals surface area (Å²) < 4.78 is 40.3. The van der Waals surface area contributed by atoms with Crippen molar-refractivity contribution in [2.75, 3.05) is 5.32 Å². The number of fused-ring (bicyclic) bond motifs is 2. The first-order chi connectivity index (χ1) is 17.6. The molecule has 0 bridgehead atoms. The molecule has 0 spiro atoms. The van der Waals surface area contributed by atoms with Crippen LogP contribution in [0.3, 0.4) is 0 Å². The lowest BCUT2D eigenvalue weighted by atomic mass is 9.91. The molecule has 8 nitrogen and oxygen atoms in total. The number of hydrogen-bond donors (Lipinski definition) is 4. The van der Waals surface area contributed by atoms with E-state index in [-0.39, 0.29) is 45.5 Å². The molecule has 0 aliphatic heterocycles. The maximum atomic E-state index is 13.4. The van der Waals surface area contributed by atoms with Gasteiger partial charge in [0.15, 0.2) is 5.75 Å². The van der Waals surface area contributed by atoms with E-state index in [0.717, 1.165) is 12.5 Å². The summed E-state index contributed by atoms with van der Waals surface area (Å²) >= 11 is 6.09. The van der Waals surface area contributed by atoms with Crippen molar-refractivity contribution in [3.8, 4) is 11.6 Å². The van der Waals surface area contributed by atoms with Crippen molar-refractivity contribution >= 4 is 45.0 Å². The van der Waals surface area contributed by atoms with Crippen LogP contribution in [0.1, 0.15) is 41.7 Å². The Bertz CT molecular complexity index is 1540. The molecular formula is C25H21ClF3N5O3. The fourth-order valence-corrected chi connectivity index (χ4v) is 4.81. The van der Waals surface area contributed by atoms with Crippen LogP contribution in [0.2, 0.25) is 5.02 Å². The number of aromatic hydroxyl groups is 2. The second-order valence-electron chi connectivity index (χ2n) is 8.95. The summed E-state index contributed by atoms with van der Waals surface area (Å²) in [5, 5.41) is 32.0. The van der Waals surface area contributed by atoms with Gasteiger partial charge in [0, 0.05) is 27.5 Å². The molecule has 2 heterocycles. The summed E-state index contributed by atoms with van der Waals surface area (Å²) in [4.78, 5) is 19.0. The quantitative estimate of drug-likeness (QED) is 0.215. The van der Waals surface area contributed by atoms with Crippen LogP contribution in [-0.4, -0.2) is 38.2 Å². The number of nitrogens with one attached hydrogen (secondary N) is 2. The summed E-state index contributed by atoms with van der Waals surface area (Å²) in [7, 11) is 0. The third kappa shape index (κ3) is 5.04. The Balaban J connectivity index is 1.35. The van der Waals surface area contributed by atoms with E-state index in [1.165, 1.54) is 18.2 Å². The van der Waals surface area contributed by atoms with E-state index in [9.17, 15) is 28.2 Å². The monoisotopic (exact) mass is 531 g/mol. The van der Waals surface area contributed by atoms with Gasteiger partial charge in [0.2, 0.25) is 5.88 Å². The van der Waals surface area contributed by atoms with Crippen molar-refractivity contribution in [2.24, 2.45) is 10.2 Å². The van der Waals surface area contributed by atoms with Crippen LogP contribution < -0.4 is 5.32 Å². The van der Waals surface area contributed by atoms with Gasteiger partial charge in [-0.2, -0.15) is 18.3 Å². The highest BCUT2D eigenvalue weighted by Crippen LogP contribution is 2.37. The Hall–Kier alpha value is -3.86. The average molecular weight is 532 g/mol. The molecule has 0 radical (unpaired) electrons. The number of azo groups is 1. The lowest BCUT2D eigenvalue weighted by Gasteiger charge is -2.28. The number of anilines is 1. The summed E-state index contributed by atoms with van der Waals surface area (Å²) in [6.45, 7) is 0. The van der Waals surface area contributed by atoms with Crippen molar-refractivity contribution in [1.29, 1.82) is 0 Å². The minimum atomic E-state index is -4.61. The van der Waals surface area contributed by atoms with E-state index in [0.29, 0.717) is 29.7 Å². The number of carbonyl (C=O) groups excluding carboxylic acids is 1. The van der Waals surface area contributed by atoms with Crippen molar-refractivity contribution in [3.05, 3.63) is 58.7 Å². The predicted molar refractivity (Wildman–Crippen MR) is 132 cm³/mol. The van der Waals surface area contributed by atoms with Gasteiger partial charge in [-0.1, -0.05) is 17.7 Å². The smallest absolute Gasteiger partial charge is 0.433 e. The van der Waals surface area contributed by atoms with Crippen molar-refractivity contribution in [2.45, 2.75) is 43.9 Å². The standard InChI is InChI=1S/C25H21ClF3N5O3/c26-12-7-8-18-17(9-12)19(11-20(31-18)25(27,28)29)30-13-3-1-4-14(10-13)33-34-23(36)16-6-2-5-15-21(16)32-24(37)22(15)35/h2,5-9,11,13-14,32,35,37H,1,3-4,10H2,(H,30,31)/t13-,14?/m0/s1. The van der Waals surface area contributed by atoms with Crippen LogP contribution in [0.25, 0.3) is 21.8 Å². The van der Waals surface area contributed by atoms with Gasteiger partial charge in [-0.3, -0.25) is 4.79 Å². The summed E-state index contributed by atoms with van der Waals surface area (Å²) in [5.41, 5.74) is -0.167. The van der Waals surface area contributed by atoms with Crippen LogP contribution in [-0.2, 0) is 6.18 Å². The molecule has 1 aliphatic carbocycles. The Kier molecular flexibility index (Phi) is 6.40. The maximum Gasteiger partial charge on any atom is 0.433 e. The number of halogens is 4. The Morgan fingerprint density at radius 2 is 1.95 bits per heavy atom. The summed E-state index contributed by atoms with van der Waals surface area (Å²) in [5.74, 6) is -1.46. The number of nitrogens with zero attached hydrogens (tertiary/aromatic N) is 3. The number of rotatable bonds is 4. The highest BCUT2D eigenvalue weighted by Gasteiger charge is 2.34. The van der Waals surface area contributed by atoms with Gasteiger partial charge in [0.25, 0.3) is 5.91 Å². The minimum Gasteiger partial charge on any atom is -0.503 e. The number of para-hydroxylation sites is 1. The fraction of sp³-hybridized carbons (Fsp3) is 0.280. The molecule has 1 aliphatic rings. The van der Waals surface area contributed by atoms with Gasteiger partial charge in [0.05, 0.1) is 22.6 Å². The lowest BCUT2D eigenvalue weighted by molar-refractivity contribution is -0.140. The van der Waals surface area contributed by atoms with E-state index >= 15 is 0 Å². The SMILES string of the molecule is O=C(N=NC1CCC[C@H](Nc2cc(C(F)(F)F)nc3ccc(Cl)cc23)C1)c1cccc2c(O)c(O)[nH]c12. The first kappa shape index (κ1) is 24.8. The van der Waals surface area contributed by atoms with Crippen LogP contribution >= 0.6 is 11.6 Å². The van der Waals surface area contributed by atoms with Crippen molar-refractivity contribution in [1.82, 2.24) is 9.97 Å². The van der Waals surface area contributed by atoms with Crippen molar-refractivity contribution in [3.63, 3.8) is 0 Å². The zero-order valence-electron chi connectivity index (χ0n) is 19.2. The van der Waals surface area contributed by atoms with Gasteiger partial charge in [-0.05, 0) is 62.1 Å². The predicted octanol–water partition coefficient (Wildman–Crippen LogP) is 6.82. The molecule has 0 saturated heterocycles. The molecule has 4 N–H and O–H groups in total. The second kappa shape index (κ2) is 9.55. The van der Waals surface area contributed by atoms with Gasteiger partial charge in [0.1, 0.15) is 5.69 Å². The van der Waals surface area contributed by atoms with Crippen molar-refractivity contribution < 1.29 is 28.2 Å². The van der Waals surface area contributed by atoms with Gasteiger partial charge >= 0.3 is 6.18 Å². The first-order valence-electron chi connectivity index (χ1n) is 11.5. The van der Waals surface area contributed by atoms with E-state index in [1.807, 2.05) is 0 Å². The number of hydrogen-bond acceptors (Lipinski definition) is 6. The number of H-pyrrole nitrogens is 1. The third-order valence-corrected chi connectivity index (χ3v) is 6.63. The molecule has 37 heavy (non-hydrogen) atoms. The number of aromatic nitrogens is 2. The van der Waals surface area contributed by atoms with E-state index in [4.69, 9.17) is 11.6 Å². The van der Waals surface area contributed by atoms with Gasteiger partial charge < -0.3 is 20.5 Å². The Morgan fingerprint density at radius 1 is 1.14 bits per heavy atom. The van der Waals surface area contributed by atoms with Gasteiger partial charge in [-0.15, -0.1) is 5.11 Å². The number of pyridine rings is 1. The first-order valence-corrected chi connectivity index (χ1v) is 11.9. The molecule has 1 unspecified atom stereocenters. The molecular weight excluding hydrogens is 511 g/mol. The van der Waals surface area contributed by atoms with E-state index < -0.39 is 23.7 Å². The molecule has 12 heteroatoms. The van der Waals surface area contributed by atoms with E-state index in [2.05, 4.69) is 25.5 Å². The molecule has 4 aromatic rings. The molecule has 5 rings (SSSR count). The Morgan fingerprint density at radius 3 is 2.73 bits per heavy atom. The zero-order chi connectivity index (χ0) is 26.3. The topological polar surface area (TPSA) is 123 Å². The molecule has 192 valence electrons. The minimum absolute atomic E-state index is 0.141. The van der Waals surface area contributed by atoms with Crippen LogP contribution in [0.4, 0.5) is 18.9 Å². The lowest BCUT2D eigenvalue weighted by Crippen LogP contribution is -2.29. The maximum absolute atomic E-state index is 13.4. The van der Waals surface area contributed by atoms with Crippen LogP contribution in [0.15, 0.2) is 52.7 Å². The highest BCUT2D eigenvalue weighted by molar-refractivity contribution is 6.31. The number of amides is 1. The third-order valence-electron chi connectivity index (χ3n) is 6.40. The molecule has 1 fully saturated rings. The fourth-order valence-electron chi connectivity index (χ4n) is 4.64. The number of carbonyl (C=O) groups is 1. The average Bonchev–Trinajstić information content (AvgIpc) is 3.15. The van der Waals surface area contributed by atoms with Crippen LogP contribution in [0, 0.1) is 0 Å². The zero-order valence-corrected chi connectivity index (χ0v) is 19.9. The largest absolute Gasteiger partial charge is 0.503 e. The molecule has 1 saturated carbocycles. The molecule has 1 amide bonds. The van der Waals surface area contributed by atoms with E-state index in [1.54, 1.807) is 18.2 Å². The molecule has 2 aromatic carbocycles. The normalized spacial score (nSPS) is 18.6. The number of benzene rings is 2. The summed E-state index contributed by atoms with van der Waals surface area (Å²) in [6.07, 6.45) is -2.05. The van der Waals surface area contributed by atoms with Crippen LogP contribution in [0.5, 0.6) is 11.6 Å². The summed E-state index contributed by atoms with van der Waals surface area (Å²) in [6, 6.07) is 9.57. The molecule has 2 aromatic heterocycles. The Labute approximate surface area is 213 Å². The van der Waals surface area contributed by atoms with Gasteiger partial charge in [-0.25, -0.2) is 4.98 Å². The number of alkyl halides is 3. The highest BCUT2D eigenvalue weighted by atomic mass is 35.5. The molecule has 2 atom stereocenters. The second-order valence-corrected chi connectivity index (χ2v) is 9.38.